The van der Waals surface area contributed by atoms with Crippen molar-refractivity contribution in [2.45, 2.75) is 12.6 Å². The Labute approximate surface area is 178 Å². The number of hydrogen-bond donors (Lipinski definition) is 2. The molecular weight excluding hydrogens is 396 g/mol. The van der Waals surface area contributed by atoms with Crippen molar-refractivity contribution in [1.82, 2.24) is 9.88 Å². The number of nitrogens with zero attached hydrogens (tertiary/aromatic N) is 2. The van der Waals surface area contributed by atoms with Gasteiger partial charge in [0, 0.05) is 24.5 Å². The topological polar surface area (TPSA) is 100.0 Å². The van der Waals surface area contributed by atoms with Gasteiger partial charge in [-0.1, -0.05) is 24.3 Å². The molecule has 1 saturated heterocycles. The third-order valence-corrected chi connectivity index (χ3v) is 5.17. The number of benzene rings is 2. The fourth-order valence-electron chi connectivity index (χ4n) is 3.70. The summed E-state index contributed by atoms with van der Waals surface area (Å²) in [6.07, 6.45) is 3.21. The number of likely N-dealkylation sites (tertiary alicyclic amines) is 1. The zero-order chi connectivity index (χ0) is 22.0. The number of rotatable bonds is 5. The number of aliphatic hydroxyl groups is 1. The minimum atomic E-state index is -0.869. The van der Waals surface area contributed by atoms with Gasteiger partial charge in [0.2, 0.25) is 0 Å². The highest BCUT2D eigenvalue weighted by molar-refractivity contribution is 6.46. The summed E-state index contributed by atoms with van der Waals surface area (Å²) in [5.74, 6) is -1.32. The average molecular weight is 416 g/mol. The van der Waals surface area contributed by atoms with Gasteiger partial charge in [0.15, 0.2) is 0 Å². The molecular formula is C24H20N2O5. The van der Waals surface area contributed by atoms with Crippen LogP contribution in [0, 0.1) is 0 Å². The molecule has 156 valence electrons. The lowest BCUT2D eigenvalue weighted by molar-refractivity contribution is -0.140. The number of amides is 1. The highest BCUT2D eigenvalue weighted by atomic mass is 16.5. The number of Topliss-reactive ketones (excluding diaryl/α,β-unsaturated/α-hetero) is 1. The van der Waals surface area contributed by atoms with Crippen LogP contribution in [0.25, 0.3) is 5.76 Å². The van der Waals surface area contributed by atoms with Gasteiger partial charge < -0.3 is 19.8 Å². The lowest BCUT2D eigenvalue weighted by Gasteiger charge is -2.25. The minimum Gasteiger partial charge on any atom is -0.508 e. The number of aromatic hydroxyl groups is 1. The Morgan fingerprint density at radius 3 is 2.52 bits per heavy atom. The van der Waals surface area contributed by atoms with E-state index < -0.39 is 17.7 Å². The number of aromatic nitrogens is 1. The summed E-state index contributed by atoms with van der Waals surface area (Å²) >= 11 is 0. The van der Waals surface area contributed by atoms with Gasteiger partial charge in [0.1, 0.15) is 17.3 Å². The number of ketones is 1. The number of ether oxygens (including phenoxy) is 1. The molecule has 4 rings (SSSR count). The molecule has 1 unspecified atom stereocenters. The molecule has 2 heterocycles. The van der Waals surface area contributed by atoms with Gasteiger partial charge in [0.25, 0.3) is 11.7 Å². The van der Waals surface area contributed by atoms with Crippen LogP contribution in [0.2, 0.25) is 0 Å². The third-order valence-electron chi connectivity index (χ3n) is 5.17. The van der Waals surface area contributed by atoms with Gasteiger partial charge in [-0.3, -0.25) is 14.6 Å². The second-order valence-electron chi connectivity index (χ2n) is 7.11. The molecule has 1 fully saturated rings. The van der Waals surface area contributed by atoms with Crippen LogP contribution in [-0.4, -0.2) is 38.9 Å². The maximum absolute atomic E-state index is 13.0. The van der Waals surface area contributed by atoms with Crippen LogP contribution >= 0.6 is 0 Å². The van der Waals surface area contributed by atoms with Crippen molar-refractivity contribution in [3.8, 4) is 11.5 Å². The lowest BCUT2D eigenvalue weighted by Crippen LogP contribution is -2.29. The average Bonchev–Trinajstić information content (AvgIpc) is 3.04. The molecule has 3 aromatic rings. The predicted octanol–water partition coefficient (Wildman–Crippen LogP) is 3.42. The molecule has 2 N–H and O–H groups in total. The maximum atomic E-state index is 13.0. The molecule has 1 amide bonds. The van der Waals surface area contributed by atoms with Crippen molar-refractivity contribution in [2.24, 2.45) is 0 Å². The van der Waals surface area contributed by atoms with Crippen LogP contribution in [0.5, 0.6) is 11.5 Å². The first-order valence-corrected chi connectivity index (χ1v) is 9.60. The first-order valence-electron chi connectivity index (χ1n) is 9.60. The Hall–Kier alpha value is -4.13. The smallest absolute Gasteiger partial charge is 0.295 e. The van der Waals surface area contributed by atoms with Crippen LogP contribution < -0.4 is 4.74 Å². The van der Waals surface area contributed by atoms with Gasteiger partial charge >= 0.3 is 0 Å². The van der Waals surface area contributed by atoms with Gasteiger partial charge in [-0.15, -0.1) is 0 Å². The van der Waals surface area contributed by atoms with Crippen molar-refractivity contribution in [1.29, 1.82) is 0 Å². The number of hydrogen-bond acceptors (Lipinski definition) is 6. The molecule has 0 bridgehead atoms. The number of carbonyl (C=O) groups is 2. The van der Waals surface area contributed by atoms with Gasteiger partial charge in [-0.05, 0) is 47.5 Å². The summed E-state index contributed by atoms with van der Waals surface area (Å²) < 4.78 is 5.21. The van der Waals surface area contributed by atoms with E-state index in [1.54, 1.807) is 60.9 Å². The number of pyridine rings is 1. The van der Waals surface area contributed by atoms with E-state index in [0.29, 0.717) is 16.9 Å². The van der Waals surface area contributed by atoms with Gasteiger partial charge in [-0.2, -0.15) is 0 Å². The summed E-state index contributed by atoms with van der Waals surface area (Å²) in [6, 6.07) is 15.6. The van der Waals surface area contributed by atoms with E-state index in [9.17, 15) is 19.8 Å². The number of phenolic OH excluding ortho intramolecular Hbond substituents is 1. The fraction of sp³-hybridized carbons (Fsp3) is 0.125. The Bertz CT molecular complexity index is 1170. The Balaban J connectivity index is 1.87. The van der Waals surface area contributed by atoms with E-state index in [1.807, 2.05) is 0 Å². The van der Waals surface area contributed by atoms with E-state index in [1.165, 1.54) is 24.1 Å². The highest BCUT2D eigenvalue weighted by Crippen LogP contribution is 2.41. The van der Waals surface area contributed by atoms with Crippen LogP contribution in [0.4, 0.5) is 0 Å². The molecule has 0 radical (unpaired) electrons. The van der Waals surface area contributed by atoms with Gasteiger partial charge in [-0.25, -0.2) is 0 Å². The Morgan fingerprint density at radius 2 is 1.81 bits per heavy atom. The van der Waals surface area contributed by atoms with Crippen LogP contribution in [-0.2, 0) is 16.1 Å². The van der Waals surface area contributed by atoms with E-state index in [2.05, 4.69) is 4.98 Å². The van der Waals surface area contributed by atoms with E-state index >= 15 is 0 Å². The molecule has 31 heavy (non-hydrogen) atoms. The largest absolute Gasteiger partial charge is 0.508 e. The zero-order valence-corrected chi connectivity index (χ0v) is 16.7. The monoisotopic (exact) mass is 416 g/mol. The standard InChI is InChI=1S/C24H20N2O5/c1-31-19-7-3-5-17(13-19)22(28)20-21(16-4-2-6-18(27)12-16)26(24(30)23(20)29)14-15-8-10-25-11-9-15/h2-13,21,27-28H,14H2,1H3/b22-20+. The predicted molar refractivity (Wildman–Crippen MR) is 113 cm³/mol. The number of methoxy groups -OCH3 is 1. The molecule has 0 spiro atoms. The van der Waals surface area contributed by atoms with Crippen molar-refractivity contribution in [3.63, 3.8) is 0 Å². The summed E-state index contributed by atoms with van der Waals surface area (Å²) in [4.78, 5) is 31.4. The first-order chi connectivity index (χ1) is 15.0. The SMILES string of the molecule is COc1cccc(/C(O)=C2\C(=O)C(=O)N(Cc3ccncc3)C2c2cccc(O)c2)c1. The summed E-state index contributed by atoms with van der Waals surface area (Å²) in [6.45, 7) is 0.141. The molecule has 1 aliphatic heterocycles. The van der Waals surface area contributed by atoms with E-state index in [-0.39, 0.29) is 23.6 Å². The maximum Gasteiger partial charge on any atom is 0.295 e. The Morgan fingerprint density at radius 1 is 1.06 bits per heavy atom. The van der Waals surface area contributed by atoms with E-state index in [4.69, 9.17) is 4.74 Å². The van der Waals surface area contributed by atoms with Crippen LogP contribution in [0.15, 0.2) is 78.6 Å². The van der Waals surface area contributed by atoms with E-state index in [0.717, 1.165) is 5.56 Å². The van der Waals surface area contributed by atoms with Crippen molar-refractivity contribution in [3.05, 3.63) is 95.3 Å². The molecule has 1 aliphatic rings. The summed E-state index contributed by atoms with van der Waals surface area (Å²) in [5.41, 5.74) is 1.60. The normalized spacial score (nSPS) is 17.7. The molecule has 0 saturated carbocycles. The molecule has 2 aromatic carbocycles. The van der Waals surface area contributed by atoms with Crippen LogP contribution in [0.1, 0.15) is 22.7 Å². The lowest BCUT2D eigenvalue weighted by atomic mass is 9.95. The second-order valence-corrected chi connectivity index (χ2v) is 7.11. The summed E-state index contributed by atoms with van der Waals surface area (Å²) in [7, 11) is 1.50. The Kier molecular flexibility index (Phi) is 5.41. The number of aliphatic hydroxyl groups excluding tert-OH is 1. The third kappa shape index (κ3) is 3.85. The second kappa shape index (κ2) is 8.31. The number of carbonyl (C=O) groups excluding carboxylic acids is 2. The first kappa shape index (κ1) is 20.2. The molecule has 7 nitrogen and oxygen atoms in total. The van der Waals surface area contributed by atoms with Crippen molar-refractivity contribution >= 4 is 17.4 Å². The fourth-order valence-corrected chi connectivity index (χ4v) is 3.70. The summed E-state index contributed by atoms with van der Waals surface area (Å²) in [5, 5.41) is 21.1. The molecule has 7 heteroatoms. The zero-order valence-electron chi connectivity index (χ0n) is 16.7. The van der Waals surface area contributed by atoms with Crippen molar-refractivity contribution in [2.75, 3.05) is 7.11 Å². The molecule has 1 aromatic heterocycles. The van der Waals surface area contributed by atoms with Crippen molar-refractivity contribution < 1.29 is 24.5 Å². The van der Waals surface area contributed by atoms with Gasteiger partial charge in [0.05, 0.1) is 18.7 Å². The van der Waals surface area contributed by atoms with Crippen LogP contribution in [0.3, 0.4) is 0 Å². The minimum absolute atomic E-state index is 0.00613. The number of phenols is 1. The molecule has 0 aliphatic carbocycles. The quantitative estimate of drug-likeness (QED) is 0.376. The molecule has 1 atom stereocenters. The highest BCUT2D eigenvalue weighted by Gasteiger charge is 2.46.